The summed E-state index contributed by atoms with van der Waals surface area (Å²) >= 11 is 1.38. The van der Waals surface area contributed by atoms with E-state index in [0.29, 0.717) is 40.2 Å². The van der Waals surface area contributed by atoms with Crippen LogP contribution >= 0.6 is 11.8 Å². The Morgan fingerprint density at radius 3 is 2.53 bits per heavy atom. The number of hydrogen-bond acceptors (Lipinski definition) is 8. The van der Waals surface area contributed by atoms with Gasteiger partial charge in [-0.3, -0.25) is 13.9 Å². The molecule has 1 atom stereocenters. The standard InChI is InChI=1S/C20H26N6O3S/c1-6-9-26-16-13(19(27)25(5)20(26)28)18(23-14(21-16)10(2)3)30-11(4)17-22-15(24-29-17)12-7-8-12/h10-12H,6-9H2,1-5H3. The number of aryl methyl sites for hydroxylation is 1. The van der Waals surface area contributed by atoms with Gasteiger partial charge >= 0.3 is 5.69 Å². The van der Waals surface area contributed by atoms with Crippen molar-refractivity contribution < 1.29 is 4.52 Å². The maximum atomic E-state index is 13.0. The fourth-order valence-electron chi connectivity index (χ4n) is 3.26. The zero-order valence-electron chi connectivity index (χ0n) is 17.9. The van der Waals surface area contributed by atoms with Crippen molar-refractivity contribution in [2.45, 2.75) is 75.6 Å². The number of nitrogens with zero attached hydrogens (tertiary/aromatic N) is 6. The second-order valence-electron chi connectivity index (χ2n) is 8.06. The number of aromatic nitrogens is 6. The molecule has 0 bridgehead atoms. The Kier molecular flexibility index (Phi) is 5.52. The summed E-state index contributed by atoms with van der Waals surface area (Å²) in [7, 11) is 1.49. The lowest BCUT2D eigenvalue weighted by atomic mass is 10.2. The zero-order chi connectivity index (χ0) is 21.6. The minimum absolute atomic E-state index is 0.0446. The summed E-state index contributed by atoms with van der Waals surface area (Å²) in [6.45, 7) is 8.39. The van der Waals surface area contributed by atoms with E-state index in [-0.39, 0.29) is 16.9 Å². The minimum Gasteiger partial charge on any atom is -0.338 e. The van der Waals surface area contributed by atoms with Crippen LogP contribution in [0.1, 0.15) is 81.6 Å². The molecule has 3 aromatic rings. The predicted octanol–water partition coefficient (Wildman–Crippen LogP) is 3.14. The molecule has 160 valence electrons. The van der Waals surface area contributed by atoms with Crippen LogP contribution < -0.4 is 11.2 Å². The van der Waals surface area contributed by atoms with Gasteiger partial charge < -0.3 is 4.52 Å². The third kappa shape index (κ3) is 3.68. The highest BCUT2D eigenvalue weighted by Gasteiger charge is 2.30. The summed E-state index contributed by atoms with van der Waals surface area (Å²) in [6.07, 6.45) is 2.94. The maximum Gasteiger partial charge on any atom is 0.332 e. The molecule has 9 nitrogen and oxygen atoms in total. The molecule has 3 aromatic heterocycles. The molecule has 0 aromatic carbocycles. The highest BCUT2D eigenvalue weighted by atomic mass is 32.2. The molecule has 1 saturated carbocycles. The molecule has 0 spiro atoms. The van der Waals surface area contributed by atoms with Crippen molar-refractivity contribution in [3.8, 4) is 0 Å². The van der Waals surface area contributed by atoms with Crippen LogP contribution in [0.2, 0.25) is 0 Å². The van der Waals surface area contributed by atoms with Gasteiger partial charge in [0.15, 0.2) is 11.5 Å². The van der Waals surface area contributed by atoms with E-state index < -0.39 is 5.56 Å². The summed E-state index contributed by atoms with van der Waals surface area (Å²) < 4.78 is 8.16. The number of fused-ring (bicyclic) bond motifs is 1. The van der Waals surface area contributed by atoms with Crippen LogP contribution in [0.4, 0.5) is 0 Å². The van der Waals surface area contributed by atoms with Crippen molar-refractivity contribution in [2.75, 3.05) is 0 Å². The highest BCUT2D eigenvalue weighted by Crippen LogP contribution is 2.40. The fraction of sp³-hybridized carbons (Fsp3) is 0.600. The third-order valence-corrected chi connectivity index (χ3v) is 6.24. The molecule has 1 aliphatic rings. The Balaban J connectivity index is 1.86. The lowest BCUT2D eigenvalue weighted by Crippen LogP contribution is -2.39. The van der Waals surface area contributed by atoms with E-state index in [4.69, 9.17) is 4.52 Å². The first-order valence-corrected chi connectivity index (χ1v) is 11.2. The highest BCUT2D eigenvalue weighted by molar-refractivity contribution is 7.99. The van der Waals surface area contributed by atoms with E-state index in [1.807, 2.05) is 27.7 Å². The maximum absolute atomic E-state index is 13.0. The van der Waals surface area contributed by atoms with E-state index in [2.05, 4.69) is 20.1 Å². The molecule has 30 heavy (non-hydrogen) atoms. The van der Waals surface area contributed by atoms with Crippen LogP contribution in [0.5, 0.6) is 0 Å². The van der Waals surface area contributed by atoms with Crippen molar-refractivity contribution in [1.82, 2.24) is 29.2 Å². The first-order valence-electron chi connectivity index (χ1n) is 10.3. The van der Waals surface area contributed by atoms with Gasteiger partial charge in [-0.15, -0.1) is 0 Å². The van der Waals surface area contributed by atoms with Crippen molar-refractivity contribution in [1.29, 1.82) is 0 Å². The van der Waals surface area contributed by atoms with Gasteiger partial charge in [-0.1, -0.05) is 37.7 Å². The average molecular weight is 431 g/mol. The first kappa shape index (κ1) is 20.8. The number of thioether (sulfide) groups is 1. The van der Waals surface area contributed by atoms with E-state index in [0.717, 1.165) is 29.7 Å². The summed E-state index contributed by atoms with van der Waals surface area (Å²) in [6, 6.07) is 0. The van der Waals surface area contributed by atoms with Gasteiger partial charge in [0, 0.05) is 25.4 Å². The third-order valence-electron chi connectivity index (χ3n) is 5.17. The van der Waals surface area contributed by atoms with Gasteiger partial charge in [0.2, 0.25) is 5.89 Å². The SMILES string of the molecule is CCCn1c(=O)n(C)c(=O)c2c(SC(C)c3nc(C4CC4)no3)nc(C(C)C)nc21. The largest absolute Gasteiger partial charge is 0.338 e. The van der Waals surface area contributed by atoms with Crippen LogP contribution in [0.3, 0.4) is 0 Å². The summed E-state index contributed by atoms with van der Waals surface area (Å²) in [4.78, 5) is 39.6. The van der Waals surface area contributed by atoms with Gasteiger partial charge in [0.1, 0.15) is 16.2 Å². The average Bonchev–Trinajstić information content (AvgIpc) is 3.45. The van der Waals surface area contributed by atoms with Crippen molar-refractivity contribution in [3.63, 3.8) is 0 Å². The molecule has 3 heterocycles. The Hall–Kier alpha value is -2.49. The van der Waals surface area contributed by atoms with E-state index >= 15 is 0 Å². The van der Waals surface area contributed by atoms with Gasteiger partial charge in [-0.25, -0.2) is 14.8 Å². The number of hydrogen-bond donors (Lipinski definition) is 0. The van der Waals surface area contributed by atoms with E-state index in [1.165, 1.54) is 18.8 Å². The van der Waals surface area contributed by atoms with Gasteiger partial charge in [-0.05, 0) is 26.2 Å². The molecule has 4 rings (SSSR count). The molecule has 0 radical (unpaired) electrons. The molecular formula is C20H26N6O3S. The summed E-state index contributed by atoms with van der Waals surface area (Å²) in [5, 5.41) is 4.78. The second kappa shape index (κ2) is 7.98. The second-order valence-corrected chi connectivity index (χ2v) is 9.39. The van der Waals surface area contributed by atoms with Crippen LogP contribution in [-0.4, -0.2) is 29.2 Å². The smallest absolute Gasteiger partial charge is 0.332 e. The monoisotopic (exact) mass is 430 g/mol. The molecule has 1 aliphatic carbocycles. The van der Waals surface area contributed by atoms with E-state index in [9.17, 15) is 9.59 Å². The Morgan fingerprint density at radius 2 is 1.90 bits per heavy atom. The lowest BCUT2D eigenvalue weighted by Gasteiger charge is -2.16. The molecule has 0 N–H and O–H groups in total. The summed E-state index contributed by atoms with van der Waals surface area (Å²) in [5.74, 6) is 2.31. The topological polar surface area (TPSA) is 109 Å². The first-order chi connectivity index (χ1) is 14.3. The minimum atomic E-state index is -0.392. The Morgan fingerprint density at radius 1 is 1.17 bits per heavy atom. The predicted molar refractivity (Wildman–Crippen MR) is 114 cm³/mol. The zero-order valence-corrected chi connectivity index (χ0v) is 18.7. The van der Waals surface area contributed by atoms with Crippen molar-refractivity contribution in [3.05, 3.63) is 38.4 Å². The quantitative estimate of drug-likeness (QED) is 0.415. The lowest BCUT2D eigenvalue weighted by molar-refractivity contribution is 0.375. The molecular weight excluding hydrogens is 404 g/mol. The normalized spacial score (nSPS) is 15.3. The molecule has 0 aliphatic heterocycles. The van der Waals surface area contributed by atoms with Crippen molar-refractivity contribution in [2.24, 2.45) is 7.05 Å². The Labute approximate surface area is 177 Å². The molecule has 1 unspecified atom stereocenters. The van der Waals surface area contributed by atoms with Gasteiger partial charge in [0.05, 0.1) is 5.25 Å². The summed E-state index contributed by atoms with van der Waals surface area (Å²) in [5.41, 5.74) is -0.364. The Bertz CT molecular complexity index is 1210. The molecule has 0 saturated heterocycles. The van der Waals surface area contributed by atoms with Gasteiger partial charge in [-0.2, -0.15) is 4.98 Å². The van der Waals surface area contributed by atoms with Crippen LogP contribution in [0.15, 0.2) is 19.1 Å². The van der Waals surface area contributed by atoms with Gasteiger partial charge in [0.25, 0.3) is 5.56 Å². The van der Waals surface area contributed by atoms with Crippen LogP contribution in [-0.2, 0) is 13.6 Å². The fourth-order valence-corrected chi connectivity index (χ4v) is 4.23. The van der Waals surface area contributed by atoms with E-state index in [1.54, 1.807) is 4.57 Å². The number of rotatable bonds is 7. The molecule has 10 heteroatoms. The van der Waals surface area contributed by atoms with Crippen LogP contribution in [0.25, 0.3) is 11.0 Å². The molecule has 1 fully saturated rings. The molecule has 0 amide bonds. The van der Waals surface area contributed by atoms with Crippen molar-refractivity contribution >= 4 is 22.8 Å². The van der Waals surface area contributed by atoms with Crippen LogP contribution in [0, 0.1) is 0 Å².